The van der Waals surface area contributed by atoms with Crippen LogP contribution in [-0.4, -0.2) is 18.4 Å². The molecule has 8 heteroatoms. The topological polar surface area (TPSA) is 69.2 Å². The van der Waals surface area contributed by atoms with Gasteiger partial charge in [-0.25, -0.2) is 13.4 Å². The van der Waals surface area contributed by atoms with Crippen molar-refractivity contribution >= 4 is 33.0 Å². The standard InChI is InChI=1S/C19H16Cl2N2O3S/c1-13-22-16(12-27(24,25)17-8-6-15(20)7-9-17)10-19(23-13)26-11-14-4-2-3-5-18(14)21/h2-10H,11-12H2,1H3. The number of aryl methyl sites for hydroxylation is 1. The molecular formula is C19H16Cl2N2O3S. The van der Waals surface area contributed by atoms with Gasteiger partial charge in [0.25, 0.3) is 0 Å². The van der Waals surface area contributed by atoms with Crippen LogP contribution in [0.3, 0.4) is 0 Å². The molecule has 1 heterocycles. The van der Waals surface area contributed by atoms with E-state index >= 15 is 0 Å². The van der Waals surface area contributed by atoms with Gasteiger partial charge in [-0.2, -0.15) is 4.98 Å². The maximum absolute atomic E-state index is 12.6. The first-order chi connectivity index (χ1) is 12.8. The van der Waals surface area contributed by atoms with Crippen molar-refractivity contribution in [2.75, 3.05) is 0 Å². The molecule has 3 aromatic rings. The lowest BCUT2D eigenvalue weighted by Gasteiger charge is -2.10. The van der Waals surface area contributed by atoms with Crippen LogP contribution >= 0.6 is 23.2 Å². The first-order valence-corrected chi connectivity index (χ1v) is 10.4. The Kier molecular flexibility index (Phi) is 5.99. The van der Waals surface area contributed by atoms with Gasteiger partial charge in [-0.15, -0.1) is 0 Å². The minimum absolute atomic E-state index is 0.182. The number of rotatable bonds is 6. The van der Waals surface area contributed by atoms with Gasteiger partial charge in [0.1, 0.15) is 12.4 Å². The van der Waals surface area contributed by atoms with Gasteiger partial charge >= 0.3 is 0 Å². The molecule has 0 atom stereocenters. The molecule has 0 aliphatic carbocycles. The fraction of sp³-hybridized carbons (Fsp3) is 0.158. The molecule has 140 valence electrons. The minimum Gasteiger partial charge on any atom is -0.473 e. The number of hydrogen-bond acceptors (Lipinski definition) is 5. The second-order valence-electron chi connectivity index (χ2n) is 5.84. The summed E-state index contributed by atoms with van der Waals surface area (Å²) in [7, 11) is -3.56. The Morgan fingerprint density at radius 1 is 1.00 bits per heavy atom. The maximum Gasteiger partial charge on any atom is 0.217 e. The van der Waals surface area contributed by atoms with E-state index in [4.69, 9.17) is 27.9 Å². The summed E-state index contributed by atoms with van der Waals surface area (Å²) in [6.45, 7) is 1.90. The lowest BCUT2D eigenvalue weighted by Crippen LogP contribution is -2.08. The third kappa shape index (κ3) is 5.19. The molecule has 0 aliphatic heterocycles. The third-order valence-corrected chi connectivity index (χ3v) is 6.00. The molecule has 0 saturated carbocycles. The van der Waals surface area contributed by atoms with E-state index in [0.717, 1.165) is 5.56 Å². The smallest absolute Gasteiger partial charge is 0.217 e. The van der Waals surface area contributed by atoms with E-state index < -0.39 is 9.84 Å². The highest BCUT2D eigenvalue weighted by molar-refractivity contribution is 7.90. The van der Waals surface area contributed by atoms with Crippen molar-refractivity contribution in [3.63, 3.8) is 0 Å². The summed E-state index contributed by atoms with van der Waals surface area (Å²) in [5.41, 5.74) is 1.16. The molecular weight excluding hydrogens is 407 g/mol. The number of aromatic nitrogens is 2. The average Bonchev–Trinajstić information content (AvgIpc) is 2.60. The molecule has 0 saturated heterocycles. The van der Waals surface area contributed by atoms with Crippen LogP contribution in [0.2, 0.25) is 10.0 Å². The van der Waals surface area contributed by atoms with Gasteiger partial charge in [0.2, 0.25) is 5.88 Å². The molecule has 0 spiro atoms. The van der Waals surface area contributed by atoms with Crippen molar-refractivity contribution in [2.45, 2.75) is 24.2 Å². The SMILES string of the molecule is Cc1nc(CS(=O)(=O)c2ccc(Cl)cc2)cc(OCc2ccccc2Cl)n1. The summed E-state index contributed by atoms with van der Waals surface area (Å²) in [5, 5.41) is 1.07. The molecule has 1 aromatic heterocycles. The van der Waals surface area contributed by atoms with Crippen LogP contribution in [0.5, 0.6) is 5.88 Å². The Labute approximate surface area is 167 Å². The van der Waals surface area contributed by atoms with Gasteiger partial charge in [0, 0.05) is 21.7 Å². The lowest BCUT2D eigenvalue weighted by molar-refractivity contribution is 0.292. The molecule has 0 fully saturated rings. The Bertz CT molecular complexity index is 1050. The fourth-order valence-electron chi connectivity index (χ4n) is 2.43. The van der Waals surface area contributed by atoms with Crippen molar-refractivity contribution in [3.8, 4) is 5.88 Å². The highest BCUT2D eigenvalue weighted by atomic mass is 35.5. The zero-order valence-electron chi connectivity index (χ0n) is 14.4. The Balaban J connectivity index is 1.79. The van der Waals surface area contributed by atoms with Gasteiger partial charge in [0.15, 0.2) is 9.84 Å². The summed E-state index contributed by atoms with van der Waals surface area (Å²) >= 11 is 11.9. The van der Waals surface area contributed by atoms with Crippen molar-refractivity contribution in [3.05, 3.63) is 81.7 Å². The third-order valence-electron chi connectivity index (χ3n) is 3.71. The first kappa shape index (κ1) is 19.6. The molecule has 0 N–H and O–H groups in total. The van der Waals surface area contributed by atoms with Crippen LogP contribution in [0.1, 0.15) is 17.1 Å². The van der Waals surface area contributed by atoms with Gasteiger partial charge in [-0.3, -0.25) is 0 Å². The van der Waals surface area contributed by atoms with Crippen molar-refractivity contribution in [1.29, 1.82) is 0 Å². The second kappa shape index (κ2) is 8.25. The Morgan fingerprint density at radius 3 is 2.41 bits per heavy atom. The Hall–Kier alpha value is -2.15. The van der Waals surface area contributed by atoms with E-state index in [1.165, 1.54) is 30.3 Å². The van der Waals surface area contributed by atoms with Gasteiger partial charge in [-0.1, -0.05) is 41.4 Å². The fourth-order valence-corrected chi connectivity index (χ4v) is 4.01. The monoisotopic (exact) mass is 422 g/mol. The summed E-state index contributed by atoms with van der Waals surface area (Å²) in [6.07, 6.45) is 0. The van der Waals surface area contributed by atoms with Crippen LogP contribution in [0.25, 0.3) is 0 Å². The second-order valence-corrected chi connectivity index (χ2v) is 8.67. The summed E-state index contributed by atoms with van der Waals surface area (Å²) < 4.78 is 30.9. The van der Waals surface area contributed by atoms with Crippen molar-refractivity contribution in [1.82, 2.24) is 9.97 Å². The summed E-state index contributed by atoms with van der Waals surface area (Å²) in [6, 6.07) is 14.9. The number of ether oxygens (including phenoxy) is 1. The van der Waals surface area contributed by atoms with E-state index in [1.807, 2.05) is 18.2 Å². The predicted molar refractivity (Wildman–Crippen MR) is 105 cm³/mol. The normalized spacial score (nSPS) is 11.4. The van der Waals surface area contributed by atoms with Gasteiger partial charge in [0.05, 0.1) is 16.3 Å². The van der Waals surface area contributed by atoms with Crippen LogP contribution in [0.15, 0.2) is 59.5 Å². The van der Waals surface area contributed by atoms with E-state index in [2.05, 4.69) is 9.97 Å². The zero-order chi connectivity index (χ0) is 19.4. The van der Waals surface area contributed by atoms with Crippen LogP contribution in [-0.2, 0) is 22.2 Å². The number of hydrogen-bond donors (Lipinski definition) is 0. The van der Waals surface area contributed by atoms with E-state index in [0.29, 0.717) is 27.4 Å². The van der Waals surface area contributed by atoms with Crippen LogP contribution in [0, 0.1) is 6.92 Å². The molecule has 0 aliphatic rings. The summed E-state index contributed by atoms with van der Waals surface area (Å²) in [5.74, 6) is 0.456. The van der Waals surface area contributed by atoms with Crippen molar-refractivity contribution in [2.24, 2.45) is 0 Å². The average molecular weight is 423 g/mol. The molecule has 5 nitrogen and oxygen atoms in total. The molecule has 0 bridgehead atoms. The zero-order valence-corrected chi connectivity index (χ0v) is 16.7. The van der Waals surface area contributed by atoms with Crippen LogP contribution < -0.4 is 4.74 Å². The quantitative estimate of drug-likeness (QED) is 0.578. The largest absolute Gasteiger partial charge is 0.473 e. The number of halogens is 2. The van der Waals surface area contributed by atoms with E-state index in [9.17, 15) is 8.42 Å². The minimum atomic E-state index is -3.56. The number of benzene rings is 2. The molecule has 0 unspecified atom stereocenters. The molecule has 0 amide bonds. The lowest BCUT2D eigenvalue weighted by atomic mass is 10.2. The van der Waals surface area contributed by atoms with Crippen molar-refractivity contribution < 1.29 is 13.2 Å². The first-order valence-electron chi connectivity index (χ1n) is 8.02. The van der Waals surface area contributed by atoms with Crippen LogP contribution in [0.4, 0.5) is 0 Å². The molecule has 3 rings (SSSR count). The number of sulfone groups is 1. The summed E-state index contributed by atoms with van der Waals surface area (Å²) in [4.78, 5) is 8.60. The Morgan fingerprint density at radius 2 is 1.70 bits per heavy atom. The highest BCUT2D eigenvalue weighted by Crippen LogP contribution is 2.21. The van der Waals surface area contributed by atoms with E-state index in [1.54, 1.807) is 13.0 Å². The van der Waals surface area contributed by atoms with Gasteiger partial charge < -0.3 is 4.74 Å². The maximum atomic E-state index is 12.6. The van der Waals surface area contributed by atoms with Gasteiger partial charge in [-0.05, 0) is 37.3 Å². The highest BCUT2D eigenvalue weighted by Gasteiger charge is 2.17. The molecule has 2 aromatic carbocycles. The van der Waals surface area contributed by atoms with E-state index in [-0.39, 0.29) is 17.3 Å². The molecule has 27 heavy (non-hydrogen) atoms. The predicted octanol–water partition coefficient (Wildman–Crippen LogP) is 4.64. The number of nitrogens with zero attached hydrogens (tertiary/aromatic N) is 2. The molecule has 0 radical (unpaired) electrons.